The molecule has 0 spiro atoms. The van der Waals surface area contributed by atoms with E-state index in [-0.39, 0.29) is 6.10 Å². The van der Waals surface area contributed by atoms with Crippen LogP contribution < -0.4 is 4.74 Å². The summed E-state index contributed by atoms with van der Waals surface area (Å²) in [4.78, 5) is 8.51. The summed E-state index contributed by atoms with van der Waals surface area (Å²) in [6.07, 6.45) is 1.74. The number of hydrogen-bond donors (Lipinski definition) is 0. The van der Waals surface area contributed by atoms with Gasteiger partial charge in [0.1, 0.15) is 17.1 Å². The highest BCUT2D eigenvalue weighted by Crippen LogP contribution is 2.24. The Kier molecular flexibility index (Phi) is 3.61. The summed E-state index contributed by atoms with van der Waals surface area (Å²) in [5, 5.41) is 0.473. The third-order valence-corrected chi connectivity index (χ3v) is 2.94. The Balaban J connectivity index is 2.20. The van der Waals surface area contributed by atoms with Crippen LogP contribution >= 0.6 is 11.6 Å². The third kappa shape index (κ3) is 2.44. The second-order valence-corrected chi connectivity index (χ2v) is 4.18. The average molecular weight is 243 g/mol. The number of hydrogen-bond acceptors (Lipinski definition) is 4. The van der Waals surface area contributed by atoms with Gasteiger partial charge in [0, 0.05) is 18.4 Å². The largest absolute Gasteiger partial charge is 0.471 e. The van der Waals surface area contributed by atoms with Crippen molar-refractivity contribution in [3.8, 4) is 5.88 Å². The maximum Gasteiger partial charge on any atom is 0.221 e. The summed E-state index contributed by atoms with van der Waals surface area (Å²) < 4.78 is 11.0. The highest BCUT2D eigenvalue weighted by atomic mass is 35.5. The van der Waals surface area contributed by atoms with Crippen LogP contribution in [0.2, 0.25) is 5.15 Å². The fourth-order valence-electron chi connectivity index (χ4n) is 1.55. The van der Waals surface area contributed by atoms with E-state index in [2.05, 4.69) is 9.97 Å². The molecule has 0 N–H and O–H groups in total. The van der Waals surface area contributed by atoms with Crippen LogP contribution in [0.25, 0.3) is 0 Å². The zero-order chi connectivity index (χ0) is 11.5. The van der Waals surface area contributed by atoms with Gasteiger partial charge in [0.2, 0.25) is 5.88 Å². The number of nitrogens with zero attached hydrogens (tertiary/aromatic N) is 2. The minimum atomic E-state index is 0.0920. The molecule has 0 amide bonds. The smallest absolute Gasteiger partial charge is 0.221 e. The van der Waals surface area contributed by atoms with Gasteiger partial charge in [-0.2, -0.15) is 4.98 Å². The molecule has 5 heteroatoms. The highest BCUT2D eigenvalue weighted by molar-refractivity contribution is 6.30. The molecule has 1 aliphatic heterocycles. The molecule has 0 radical (unpaired) electrons. The monoisotopic (exact) mass is 242 g/mol. The van der Waals surface area contributed by atoms with E-state index in [1.807, 2.05) is 13.8 Å². The lowest BCUT2D eigenvalue weighted by atomic mass is 10.3. The lowest BCUT2D eigenvalue weighted by Gasteiger charge is -2.14. The summed E-state index contributed by atoms with van der Waals surface area (Å²) in [6, 6.07) is 0. The third-order valence-electron chi connectivity index (χ3n) is 2.57. The van der Waals surface area contributed by atoms with Crippen molar-refractivity contribution in [2.75, 3.05) is 13.2 Å². The van der Waals surface area contributed by atoms with Crippen molar-refractivity contribution in [3.63, 3.8) is 0 Å². The molecule has 88 valence electrons. The molecule has 1 fully saturated rings. The Morgan fingerprint density at radius 3 is 2.94 bits per heavy atom. The van der Waals surface area contributed by atoms with Crippen molar-refractivity contribution in [1.29, 1.82) is 0 Å². The van der Waals surface area contributed by atoms with Crippen LogP contribution in [0.3, 0.4) is 0 Å². The van der Waals surface area contributed by atoms with Crippen LogP contribution in [0.4, 0.5) is 0 Å². The lowest BCUT2D eigenvalue weighted by molar-refractivity contribution is 0.137. The summed E-state index contributed by atoms with van der Waals surface area (Å²) in [5.74, 6) is 1.30. The topological polar surface area (TPSA) is 44.2 Å². The maximum absolute atomic E-state index is 6.02. The molecule has 1 saturated heterocycles. The number of aryl methyl sites for hydroxylation is 1. The van der Waals surface area contributed by atoms with E-state index in [1.165, 1.54) is 0 Å². The van der Waals surface area contributed by atoms with Gasteiger partial charge in [-0.1, -0.05) is 18.5 Å². The molecule has 16 heavy (non-hydrogen) atoms. The van der Waals surface area contributed by atoms with Crippen LogP contribution in [0.15, 0.2) is 0 Å². The number of rotatable bonds is 3. The molecular weight excluding hydrogens is 228 g/mol. The summed E-state index contributed by atoms with van der Waals surface area (Å²) >= 11 is 6.02. The molecule has 1 unspecified atom stereocenters. The van der Waals surface area contributed by atoms with E-state index >= 15 is 0 Å². The van der Waals surface area contributed by atoms with E-state index in [0.717, 1.165) is 25.0 Å². The van der Waals surface area contributed by atoms with E-state index in [9.17, 15) is 0 Å². The number of halogens is 1. The average Bonchev–Trinajstić information content (AvgIpc) is 2.77. The molecule has 1 atom stereocenters. The first kappa shape index (κ1) is 11.6. The van der Waals surface area contributed by atoms with E-state index in [1.54, 1.807) is 0 Å². The van der Waals surface area contributed by atoms with Crippen LogP contribution in [0, 0.1) is 6.92 Å². The van der Waals surface area contributed by atoms with Crippen LogP contribution in [-0.2, 0) is 11.2 Å². The molecule has 0 bridgehead atoms. The van der Waals surface area contributed by atoms with Crippen molar-refractivity contribution in [2.24, 2.45) is 0 Å². The van der Waals surface area contributed by atoms with E-state index in [0.29, 0.717) is 23.5 Å². The molecule has 4 nitrogen and oxygen atoms in total. The van der Waals surface area contributed by atoms with E-state index in [4.69, 9.17) is 21.1 Å². The molecule has 2 rings (SSSR count). The first-order valence-corrected chi connectivity index (χ1v) is 5.86. The first-order valence-electron chi connectivity index (χ1n) is 5.48. The minimum Gasteiger partial charge on any atom is -0.471 e. The Bertz CT molecular complexity index is 378. The van der Waals surface area contributed by atoms with Gasteiger partial charge in [-0.25, -0.2) is 4.98 Å². The molecule has 1 aliphatic rings. The summed E-state index contributed by atoms with van der Waals surface area (Å²) in [5.41, 5.74) is 0.797. The van der Waals surface area contributed by atoms with Crippen molar-refractivity contribution < 1.29 is 9.47 Å². The first-order chi connectivity index (χ1) is 7.70. The van der Waals surface area contributed by atoms with Gasteiger partial charge in [0.25, 0.3) is 0 Å². The SMILES string of the molecule is CCc1nc(Cl)c(C)c(OC2CCOC2)n1. The fraction of sp³-hybridized carbons (Fsp3) is 0.636. The van der Waals surface area contributed by atoms with Gasteiger partial charge in [-0.3, -0.25) is 0 Å². The van der Waals surface area contributed by atoms with Gasteiger partial charge in [0.05, 0.1) is 13.2 Å². The fourth-order valence-corrected chi connectivity index (χ4v) is 1.73. The van der Waals surface area contributed by atoms with Crippen molar-refractivity contribution >= 4 is 11.6 Å². The van der Waals surface area contributed by atoms with Gasteiger partial charge in [-0.05, 0) is 6.92 Å². The summed E-state index contributed by atoms with van der Waals surface area (Å²) in [7, 11) is 0. The predicted octanol–water partition coefficient (Wildman–Crippen LogP) is 2.17. The minimum absolute atomic E-state index is 0.0920. The zero-order valence-corrected chi connectivity index (χ0v) is 10.3. The van der Waals surface area contributed by atoms with Gasteiger partial charge in [0.15, 0.2) is 0 Å². The van der Waals surface area contributed by atoms with Crippen molar-refractivity contribution in [2.45, 2.75) is 32.8 Å². The Hall–Kier alpha value is -0.870. The lowest BCUT2D eigenvalue weighted by Crippen LogP contribution is -2.18. The Morgan fingerprint density at radius 1 is 1.50 bits per heavy atom. The van der Waals surface area contributed by atoms with E-state index < -0.39 is 0 Å². The van der Waals surface area contributed by atoms with Crippen molar-refractivity contribution in [1.82, 2.24) is 9.97 Å². The molecule has 2 heterocycles. The normalized spacial score (nSPS) is 20.1. The van der Waals surface area contributed by atoms with Gasteiger partial charge in [-0.15, -0.1) is 0 Å². The quantitative estimate of drug-likeness (QED) is 0.762. The molecule has 1 aromatic heterocycles. The van der Waals surface area contributed by atoms with Crippen LogP contribution in [0.1, 0.15) is 24.7 Å². The van der Waals surface area contributed by atoms with Crippen LogP contribution in [-0.4, -0.2) is 29.3 Å². The Labute approximate surface area is 99.9 Å². The highest BCUT2D eigenvalue weighted by Gasteiger charge is 2.20. The second kappa shape index (κ2) is 4.97. The molecular formula is C11H15ClN2O2. The standard InChI is InChI=1S/C11H15ClN2O2/c1-3-9-13-10(12)7(2)11(14-9)16-8-4-5-15-6-8/h8H,3-6H2,1-2H3. The molecule has 0 saturated carbocycles. The van der Waals surface area contributed by atoms with Gasteiger partial charge >= 0.3 is 0 Å². The molecule has 1 aromatic rings. The van der Waals surface area contributed by atoms with Crippen LogP contribution in [0.5, 0.6) is 5.88 Å². The van der Waals surface area contributed by atoms with Crippen molar-refractivity contribution in [3.05, 3.63) is 16.5 Å². The van der Waals surface area contributed by atoms with Gasteiger partial charge < -0.3 is 9.47 Å². The number of ether oxygens (including phenoxy) is 2. The maximum atomic E-state index is 6.02. The second-order valence-electron chi connectivity index (χ2n) is 3.82. The molecule has 0 aliphatic carbocycles. The summed E-state index contributed by atoms with van der Waals surface area (Å²) in [6.45, 7) is 5.24. The Morgan fingerprint density at radius 2 is 2.31 bits per heavy atom. The predicted molar refractivity (Wildman–Crippen MR) is 61.0 cm³/mol. The molecule has 0 aromatic carbocycles. The number of aromatic nitrogens is 2. The zero-order valence-electron chi connectivity index (χ0n) is 9.49.